The van der Waals surface area contributed by atoms with E-state index in [4.69, 9.17) is 4.74 Å². The highest BCUT2D eigenvalue weighted by Gasteiger charge is 2.55. The third-order valence-corrected chi connectivity index (χ3v) is 4.53. The van der Waals surface area contributed by atoms with Crippen molar-refractivity contribution < 1.29 is 9.53 Å². The van der Waals surface area contributed by atoms with E-state index in [9.17, 15) is 4.79 Å². The highest BCUT2D eigenvalue weighted by atomic mass is 79.9. The zero-order valence-electron chi connectivity index (χ0n) is 8.17. The molecule has 0 spiro atoms. The summed E-state index contributed by atoms with van der Waals surface area (Å²) in [6.07, 6.45) is 5.46. The number of carbonyl (C=O) groups excluding carboxylic acids is 1. The first-order valence-electron chi connectivity index (χ1n) is 5.46. The summed E-state index contributed by atoms with van der Waals surface area (Å²) in [6, 6.07) is 0. The molecule has 2 nitrogen and oxygen atoms in total. The Morgan fingerprint density at radius 2 is 1.93 bits per heavy atom. The standard InChI is InChI=1S/C11H15BrO2/c12-6-14-11-3-7-1-8(4-11)10(13)9(2-7)5-11/h7-9H,1-6H2. The lowest BCUT2D eigenvalue weighted by molar-refractivity contribution is -0.169. The molecule has 0 aromatic rings. The van der Waals surface area contributed by atoms with Gasteiger partial charge in [0.05, 0.1) is 5.60 Å². The van der Waals surface area contributed by atoms with Crippen LogP contribution in [0.1, 0.15) is 32.1 Å². The number of ether oxygens (including phenoxy) is 1. The minimum atomic E-state index is 0.0634. The molecule has 0 aromatic carbocycles. The van der Waals surface area contributed by atoms with Gasteiger partial charge in [0.1, 0.15) is 11.3 Å². The fourth-order valence-corrected chi connectivity index (χ4v) is 4.45. The van der Waals surface area contributed by atoms with Gasteiger partial charge in [-0.2, -0.15) is 0 Å². The smallest absolute Gasteiger partial charge is 0.139 e. The Kier molecular flexibility index (Phi) is 2.04. The van der Waals surface area contributed by atoms with E-state index in [1.54, 1.807) is 0 Å². The van der Waals surface area contributed by atoms with E-state index in [2.05, 4.69) is 15.9 Å². The molecular formula is C11H15BrO2. The van der Waals surface area contributed by atoms with Gasteiger partial charge in [0.25, 0.3) is 0 Å². The first-order valence-corrected chi connectivity index (χ1v) is 6.58. The topological polar surface area (TPSA) is 26.3 Å². The molecule has 0 N–H and O–H groups in total. The molecule has 4 rings (SSSR count). The van der Waals surface area contributed by atoms with Crippen LogP contribution >= 0.6 is 15.9 Å². The average Bonchev–Trinajstić information content (AvgIpc) is 2.12. The number of hydrogen-bond acceptors (Lipinski definition) is 2. The van der Waals surface area contributed by atoms with E-state index in [0.717, 1.165) is 31.6 Å². The second-order valence-corrected chi connectivity index (χ2v) is 5.64. The summed E-state index contributed by atoms with van der Waals surface area (Å²) in [5, 5.41) is 0. The van der Waals surface area contributed by atoms with Gasteiger partial charge in [-0.05, 0) is 38.0 Å². The summed E-state index contributed by atoms with van der Waals surface area (Å²) in [7, 11) is 0. The van der Waals surface area contributed by atoms with E-state index < -0.39 is 0 Å². The van der Waals surface area contributed by atoms with Crippen LogP contribution in [0.4, 0.5) is 0 Å². The number of alkyl halides is 1. The zero-order chi connectivity index (χ0) is 9.76. The SMILES string of the molecule is O=C1C2CC3CC1CC(OCBr)(C3)C2. The van der Waals surface area contributed by atoms with Gasteiger partial charge in [-0.15, -0.1) is 0 Å². The molecule has 4 aliphatic rings. The number of halogens is 1. The van der Waals surface area contributed by atoms with E-state index in [-0.39, 0.29) is 5.60 Å². The lowest BCUT2D eigenvalue weighted by Gasteiger charge is -2.54. The summed E-state index contributed by atoms with van der Waals surface area (Å²) in [5.41, 5.74) is 0.682. The lowest BCUT2D eigenvalue weighted by Crippen LogP contribution is -2.56. The molecule has 4 saturated carbocycles. The maximum atomic E-state index is 11.9. The van der Waals surface area contributed by atoms with Gasteiger partial charge in [-0.3, -0.25) is 4.79 Å². The maximum Gasteiger partial charge on any atom is 0.139 e. The van der Waals surface area contributed by atoms with Gasteiger partial charge >= 0.3 is 0 Å². The minimum absolute atomic E-state index is 0.0634. The number of Topliss-reactive ketones (excluding diaryl/α,β-unsaturated/α-hetero) is 1. The molecule has 0 aliphatic heterocycles. The zero-order valence-corrected chi connectivity index (χ0v) is 9.76. The summed E-state index contributed by atoms with van der Waals surface area (Å²) < 4.78 is 5.85. The van der Waals surface area contributed by atoms with Crippen molar-refractivity contribution in [2.45, 2.75) is 37.7 Å². The van der Waals surface area contributed by atoms with Gasteiger partial charge in [0.15, 0.2) is 0 Å². The Morgan fingerprint density at radius 1 is 1.29 bits per heavy atom. The van der Waals surface area contributed by atoms with Crippen LogP contribution in [0.15, 0.2) is 0 Å². The first-order chi connectivity index (χ1) is 6.72. The molecule has 4 bridgehead atoms. The highest BCUT2D eigenvalue weighted by Crippen LogP contribution is 2.55. The number of hydrogen-bond donors (Lipinski definition) is 0. The molecule has 0 radical (unpaired) electrons. The molecule has 0 aromatic heterocycles. The quantitative estimate of drug-likeness (QED) is 0.712. The summed E-state index contributed by atoms with van der Waals surface area (Å²) in [4.78, 5) is 11.9. The summed E-state index contributed by atoms with van der Waals surface area (Å²) >= 11 is 3.35. The van der Waals surface area contributed by atoms with E-state index in [0.29, 0.717) is 23.1 Å². The van der Waals surface area contributed by atoms with E-state index in [1.165, 1.54) is 6.42 Å². The fourth-order valence-electron chi connectivity index (χ4n) is 3.97. The van der Waals surface area contributed by atoms with Crippen molar-refractivity contribution in [3.8, 4) is 0 Å². The van der Waals surface area contributed by atoms with Crippen molar-refractivity contribution in [1.29, 1.82) is 0 Å². The van der Waals surface area contributed by atoms with Crippen molar-refractivity contribution in [2.75, 3.05) is 5.52 Å². The van der Waals surface area contributed by atoms with Crippen LogP contribution in [0.25, 0.3) is 0 Å². The van der Waals surface area contributed by atoms with Crippen LogP contribution in [-0.4, -0.2) is 16.9 Å². The number of carbonyl (C=O) groups is 1. The second kappa shape index (κ2) is 3.05. The largest absolute Gasteiger partial charge is 0.364 e. The third-order valence-electron chi connectivity index (χ3n) is 4.30. The van der Waals surface area contributed by atoms with Crippen molar-refractivity contribution >= 4 is 21.7 Å². The van der Waals surface area contributed by atoms with Crippen LogP contribution in [0.5, 0.6) is 0 Å². The highest BCUT2D eigenvalue weighted by molar-refractivity contribution is 9.09. The van der Waals surface area contributed by atoms with Crippen molar-refractivity contribution in [3.05, 3.63) is 0 Å². The molecule has 14 heavy (non-hydrogen) atoms. The fraction of sp³-hybridized carbons (Fsp3) is 0.909. The Hall–Kier alpha value is 0.110. The molecule has 0 saturated heterocycles. The molecule has 2 atom stereocenters. The summed E-state index contributed by atoms with van der Waals surface area (Å²) in [6.45, 7) is 0. The molecule has 4 fully saturated rings. The molecule has 4 aliphatic carbocycles. The Morgan fingerprint density at radius 3 is 2.50 bits per heavy atom. The van der Waals surface area contributed by atoms with E-state index >= 15 is 0 Å². The molecule has 2 unspecified atom stereocenters. The molecular weight excluding hydrogens is 244 g/mol. The van der Waals surface area contributed by atoms with Crippen LogP contribution in [0, 0.1) is 17.8 Å². The van der Waals surface area contributed by atoms with Crippen molar-refractivity contribution in [3.63, 3.8) is 0 Å². The van der Waals surface area contributed by atoms with Crippen LogP contribution < -0.4 is 0 Å². The average molecular weight is 259 g/mol. The molecule has 0 amide bonds. The lowest BCUT2D eigenvalue weighted by atomic mass is 9.53. The predicted molar refractivity (Wildman–Crippen MR) is 56.2 cm³/mol. The Labute approximate surface area is 92.5 Å². The van der Waals surface area contributed by atoms with Gasteiger partial charge in [-0.1, -0.05) is 15.9 Å². The minimum Gasteiger partial charge on any atom is -0.364 e. The van der Waals surface area contributed by atoms with Crippen LogP contribution in [-0.2, 0) is 9.53 Å². The number of rotatable bonds is 2. The van der Waals surface area contributed by atoms with Gasteiger partial charge in [0, 0.05) is 11.8 Å². The van der Waals surface area contributed by atoms with Gasteiger partial charge < -0.3 is 4.74 Å². The second-order valence-electron chi connectivity index (χ2n) is 5.18. The van der Waals surface area contributed by atoms with Gasteiger partial charge in [-0.25, -0.2) is 0 Å². The van der Waals surface area contributed by atoms with Crippen LogP contribution in [0.2, 0.25) is 0 Å². The molecule has 3 heteroatoms. The van der Waals surface area contributed by atoms with Gasteiger partial charge in [0.2, 0.25) is 0 Å². The first kappa shape index (κ1) is 9.34. The van der Waals surface area contributed by atoms with E-state index in [1.807, 2.05) is 0 Å². The predicted octanol–water partition coefficient (Wildman–Crippen LogP) is 2.50. The maximum absolute atomic E-state index is 11.9. The Balaban J connectivity index is 1.88. The Bertz CT molecular complexity index is 258. The monoisotopic (exact) mass is 258 g/mol. The normalized spacial score (nSPS) is 50.1. The van der Waals surface area contributed by atoms with Crippen molar-refractivity contribution in [2.24, 2.45) is 17.8 Å². The molecule has 0 heterocycles. The molecule has 78 valence electrons. The third kappa shape index (κ3) is 1.21. The number of ketones is 1. The van der Waals surface area contributed by atoms with Crippen LogP contribution in [0.3, 0.4) is 0 Å². The summed E-state index contributed by atoms with van der Waals surface area (Å²) in [5.74, 6) is 1.97. The van der Waals surface area contributed by atoms with Crippen molar-refractivity contribution in [1.82, 2.24) is 0 Å².